The van der Waals surface area contributed by atoms with E-state index < -0.39 is 11.4 Å². The Labute approximate surface area is 217 Å². The Bertz CT molecular complexity index is 1510. The minimum atomic E-state index is -1.29. The molecule has 0 spiro atoms. The fourth-order valence-electron chi connectivity index (χ4n) is 4.80. The number of hydrogen-bond acceptors (Lipinski definition) is 5. The zero-order valence-electron chi connectivity index (χ0n) is 19.4. The molecule has 0 bridgehead atoms. The van der Waals surface area contributed by atoms with E-state index in [0.717, 1.165) is 30.8 Å². The number of halogens is 2. The third kappa shape index (κ3) is 4.40. The van der Waals surface area contributed by atoms with Crippen molar-refractivity contribution in [2.75, 3.05) is 11.4 Å². The van der Waals surface area contributed by atoms with Crippen molar-refractivity contribution in [1.82, 2.24) is 9.55 Å². The lowest BCUT2D eigenvalue weighted by Gasteiger charge is -2.32. The van der Waals surface area contributed by atoms with E-state index in [4.69, 9.17) is 27.9 Å². The maximum Gasteiger partial charge on any atom is 0.341 e. The number of rotatable bonds is 6. The van der Waals surface area contributed by atoms with Gasteiger partial charge in [0.05, 0.1) is 22.3 Å². The van der Waals surface area contributed by atoms with E-state index in [9.17, 15) is 14.7 Å². The number of nitrogens with zero attached hydrogens (tertiary/aromatic N) is 3. The number of carboxylic acids is 1. The van der Waals surface area contributed by atoms with Gasteiger partial charge in [0, 0.05) is 30.0 Å². The van der Waals surface area contributed by atoms with E-state index in [1.165, 1.54) is 6.20 Å². The molecule has 2 aromatic heterocycles. The summed E-state index contributed by atoms with van der Waals surface area (Å²) >= 11 is 13.0. The Balaban J connectivity index is 1.61. The molecule has 4 aromatic rings. The van der Waals surface area contributed by atoms with Crippen LogP contribution < -0.4 is 15.1 Å². The molecule has 1 N–H and O–H groups in total. The highest BCUT2D eigenvalue weighted by atomic mass is 35.5. The van der Waals surface area contributed by atoms with Gasteiger partial charge in [-0.1, -0.05) is 41.4 Å². The van der Waals surface area contributed by atoms with Crippen LogP contribution in [-0.2, 0) is 0 Å². The summed E-state index contributed by atoms with van der Waals surface area (Å²) in [5.41, 5.74) is 1.17. The number of hydrogen-bond donors (Lipinski definition) is 1. The van der Waals surface area contributed by atoms with Crippen molar-refractivity contribution >= 4 is 45.8 Å². The number of benzene rings is 2. The van der Waals surface area contributed by atoms with E-state index >= 15 is 0 Å². The summed E-state index contributed by atoms with van der Waals surface area (Å²) in [4.78, 5) is 31.3. The molecule has 7 nitrogen and oxygen atoms in total. The minimum Gasteiger partial charge on any atom is -0.477 e. The van der Waals surface area contributed by atoms with Gasteiger partial charge in [0.15, 0.2) is 0 Å². The average molecular weight is 524 g/mol. The lowest BCUT2D eigenvalue weighted by molar-refractivity contribution is 0.0695. The fourth-order valence-corrected chi connectivity index (χ4v) is 5.24. The number of fused-ring (bicyclic) bond motifs is 1. The Hall–Kier alpha value is -3.55. The molecule has 2 unspecified atom stereocenters. The number of ether oxygens (including phenoxy) is 1. The lowest BCUT2D eigenvalue weighted by atomic mass is 10.1. The number of carboxylic acid groups (broad SMARTS) is 1. The number of carbonyl (C=O) groups is 1. The summed E-state index contributed by atoms with van der Waals surface area (Å²) in [7, 11) is 0. The first-order valence-corrected chi connectivity index (χ1v) is 12.3. The van der Waals surface area contributed by atoms with Crippen LogP contribution in [0.15, 0.2) is 71.8 Å². The molecule has 184 valence electrons. The Kier molecular flexibility index (Phi) is 6.60. The van der Waals surface area contributed by atoms with Crippen LogP contribution in [0.1, 0.15) is 30.1 Å². The summed E-state index contributed by atoms with van der Waals surface area (Å²) < 4.78 is 7.84. The largest absolute Gasteiger partial charge is 0.477 e. The molecule has 0 aliphatic carbocycles. The molecule has 36 heavy (non-hydrogen) atoms. The zero-order chi connectivity index (χ0) is 25.4. The summed E-state index contributed by atoms with van der Waals surface area (Å²) in [6.45, 7) is 2.73. The molecule has 2 atom stereocenters. The van der Waals surface area contributed by atoms with Gasteiger partial charge in [0.25, 0.3) is 0 Å². The molecule has 9 heteroatoms. The number of aromatic carboxylic acids is 1. The lowest BCUT2D eigenvalue weighted by Crippen LogP contribution is -2.41. The van der Waals surface area contributed by atoms with Gasteiger partial charge in [-0.15, -0.1) is 0 Å². The van der Waals surface area contributed by atoms with Crippen molar-refractivity contribution in [2.45, 2.75) is 31.9 Å². The standard InChI is InChI=1S/C27H23Cl2N3O4/c1-16(36-26-20(28)9-5-11-30-26)22-10-6-12-31(22)24-14-23-18(13-21(24)29)25(33)19(27(34)35)15-32(23)17-7-3-2-4-8-17/h2-5,7-9,11,13-16,22H,6,10,12H2,1H3,(H,34,35). The highest BCUT2D eigenvalue weighted by Crippen LogP contribution is 2.37. The van der Waals surface area contributed by atoms with Crippen molar-refractivity contribution in [3.63, 3.8) is 0 Å². The molecule has 0 amide bonds. The molecule has 1 saturated heterocycles. The monoisotopic (exact) mass is 523 g/mol. The van der Waals surface area contributed by atoms with Crippen LogP contribution in [0.25, 0.3) is 16.6 Å². The average Bonchev–Trinajstić information content (AvgIpc) is 3.36. The van der Waals surface area contributed by atoms with Crippen molar-refractivity contribution in [3.05, 3.63) is 92.8 Å². The second kappa shape index (κ2) is 9.84. The highest BCUT2D eigenvalue weighted by Gasteiger charge is 2.33. The summed E-state index contributed by atoms with van der Waals surface area (Å²) in [6.07, 6.45) is 4.58. The third-order valence-electron chi connectivity index (χ3n) is 6.51. The highest BCUT2D eigenvalue weighted by molar-refractivity contribution is 6.34. The predicted octanol–water partition coefficient (Wildman–Crippen LogP) is 5.83. The smallest absolute Gasteiger partial charge is 0.341 e. The second-order valence-corrected chi connectivity index (χ2v) is 9.53. The first kappa shape index (κ1) is 24.2. The van der Waals surface area contributed by atoms with Crippen LogP contribution in [-0.4, -0.2) is 39.3 Å². The fraction of sp³-hybridized carbons (Fsp3) is 0.222. The Morgan fingerprint density at radius 1 is 1.14 bits per heavy atom. The quantitative estimate of drug-likeness (QED) is 0.342. The minimum absolute atomic E-state index is 0.00628. The molecule has 5 rings (SSSR count). The number of aromatic nitrogens is 2. The van der Waals surface area contributed by atoms with E-state index in [1.807, 2.05) is 43.3 Å². The summed E-state index contributed by atoms with van der Waals surface area (Å²) in [6, 6.07) is 16.2. The van der Waals surface area contributed by atoms with Crippen molar-refractivity contribution in [3.8, 4) is 11.6 Å². The summed E-state index contributed by atoms with van der Waals surface area (Å²) in [5.74, 6) is -0.909. The van der Waals surface area contributed by atoms with Crippen molar-refractivity contribution in [2.24, 2.45) is 0 Å². The van der Waals surface area contributed by atoms with Crippen LogP contribution in [0.2, 0.25) is 10.0 Å². The molecular weight excluding hydrogens is 501 g/mol. The summed E-state index contributed by atoms with van der Waals surface area (Å²) in [5, 5.41) is 10.7. The van der Waals surface area contributed by atoms with Gasteiger partial charge in [-0.2, -0.15) is 0 Å². The van der Waals surface area contributed by atoms with Crippen LogP contribution in [0.4, 0.5) is 5.69 Å². The molecule has 2 aromatic carbocycles. The van der Waals surface area contributed by atoms with Crippen molar-refractivity contribution in [1.29, 1.82) is 0 Å². The first-order chi connectivity index (χ1) is 17.3. The molecule has 3 heterocycles. The van der Waals surface area contributed by atoms with Gasteiger partial charge in [-0.05, 0) is 56.2 Å². The normalized spacial score (nSPS) is 16.3. The molecule has 1 aliphatic heterocycles. The molecule has 1 aliphatic rings. The van der Waals surface area contributed by atoms with E-state index in [1.54, 1.807) is 29.0 Å². The van der Waals surface area contributed by atoms with Gasteiger partial charge >= 0.3 is 5.97 Å². The first-order valence-electron chi connectivity index (χ1n) is 11.6. The number of para-hydroxylation sites is 1. The molecular formula is C27H23Cl2N3O4. The van der Waals surface area contributed by atoms with Gasteiger partial charge in [-0.25, -0.2) is 9.78 Å². The molecule has 1 fully saturated rings. The topological polar surface area (TPSA) is 84.7 Å². The van der Waals surface area contributed by atoms with E-state index in [2.05, 4.69) is 9.88 Å². The van der Waals surface area contributed by atoms with Crippen molar-refractivity contribution < 1.29 is 14.6 Å². The van der Waals surface area contributed by atoms with E-state index in [-0.39, 0.29) is 23.1 Å². The molecule has 0 saturated carbocycles. The number of anilines is 1. The van der Waals surface area contributed by atoms with Crippen LogP contribution >= 0.6 is 23.2 Å². The van der Waals surface area contributed by atoms with Crippen LogP contribution in [0, 0.1) is 0 Å². The van der Waals surface area contributed by atoms with Gasteiger partial charge in [-0.3, -0.25) is 4.79 Å². The van der Waals surface area contributed by atoms with Gasteiger partial charge in [0.1, 0.15) is 16.7 Å². The van der Waals surface area contributed by atoms with Gasteiger partial charge in [0.2, 0.25) is 11.3 Å². The Morgan fingerprint density at radius 2 is 1.92 bits per heavy atom. The zero-order valence-corrected chi connectivity index (χ0v) is 20.9. The molecule has 0 radical (unpaired) electrons. The predicted molar refractivity (Wildman–Crippen MR) is 141 cm³/mol. The number of pyridine rings is 2. The maximum absolute atomic E-state index is 13.0. The van der Waals surface area contributed by atoms with Crippen LogP contribution in [0.3, 0.4) is 0 Å². The van der Waals surface area contributed by atoms with Gasteiger partial charge < -0.3 is 19.3 Å². The van der Waals surface area contributed by atoms with E-state index in [0.29, 0.717) is 21.4 Å². The third-order valence-corrected chi connectivity index (χ3v) is 7.10. The Morgan fingerprint density at radius 3 is 2.64 bits per heavy atom. The van der Waals surface area contributed by atoms with Crippen LogP contribution in [0.5, 0.6) is 5.88 Å². The second-order valence-electron chi connectivity index (χ2n) is 8.72. The maximum atomic E-state index is 13.0. The SMILES string of the molecule is CC(Oc1ncccc1Cl)C1CCCN1c1cc2c(cc1Cl)c(=O)c(C(=O)O)cn2-c1ccccc1.